The molecule has 0 saturated carbocycles. The van der Waals surface area contributed by atoms with Crippen molar-refractivity contribution < 1.29 is 31.8 Å². The Bertz CT molecular complexity index is 1190. The zero-order chi connectivity index (χ0) is 23.5. The molecule has 2 unspecified atom stereocenters. The van der Waals surface area contributed by atoms with Crippen LogP contribution in [-0.4, -0.2) is 30.2 Å². The summed E-state index contributed by atoms with van der Waals surface area (Å²) in [6.45, 7) is 1.66. The van der Waals surface area contributed by atoms with E-state index in [9.17, 15) is 27.5 Å². The Morgan fingerprint density at radius 3 is 2.59 bits per heavy atom. The number of ether oxygens (including phenoxy) is 1. The van der Waals surface area contributed by atoms with E-state index >= 15 is 0 Å². The van der Waals surface area contributed by atoms with Crippen LogP contribution in [0.25, 0.3) is 10.8 Å². The monoisotopic (exact) mass is 451 g/mol. The van der Waals surface area contributed by atoms with Gasteiger partial charge in [-0.3, -0.25) is 4.99 Å². The van der Waals surface area contributed by atoms with Crippen molar-refractivity contribution in [3.8, 4) is 5.75 Å². The minimum absolute atomic E-state index is 0.0745. The van der Waals surface area contributed by atoms with Crippen molar-refractivity contribution in [2.75, 3.05) is 7.11 Å². The first-order valence-corrected chi connectivity index (χ1v) is 9.78. The number of nitrogens with zero attached hydrogens (tertiary/aromatic N) is 1. The van der Waals surface area contributed by atoms with Gasteiger partial charge in [0.1, 0.15) is 11.6 Å². The highest BCUT2D eigenvalue weighted by molar-refractivity contribution is 5.93. The van der Waals surface area contributed by atoms with Gasteiger partial charge in [-0.15, -0.1) is 0 Å². The highest BCUT2D eigenvalue weighted by Crippen LogP contribution is 2.41. The smallest absolute Gasteiger partial charge is 0.422 e. The lowest BCUT2D eigenvalue weighted by molar-refractivity contribution is -0.232. The summed E-state index contributed by atoms with van der Waals surface area (Å²) in [6.07, 6.45) is -4.02. The summed E-state index contributed by atoms with van der Waals surface area (Å²) < 4.78 is 65.3. The predicted molar refractivity (Wildman–Crippen MR) is 112 cm³/mol. The van der Waals surface area contributed by atoms with Crippen molar-refractivity contribution in [1.29, 1.82) is 0 Å². The lowest BCUT2D eigenvalue weighted by Crippen LogP contribution is -2.47. The molecule has 5 nitrogen and oxygen atoms in total. The summed E-state index contributed by atoms with van der Waals surface area (Å²) in [5.74, 6) is -1.30. The topological polar surface area (TPSA) is 72.0 Å². The Kier molecular flexibility index (Phi) is 6.68. The van der Waals surface area contributed by atoms with E-state index < -0.39 is 35.6 Å². The minimum atomic E-state index is -5.04. The van der Waals surface area contributed by atoms with Gasteiger partial charge in [-0.25, -0.2) is 9.18 Å². The summed E-state index contributed by atoms with van der Waals surface area (Å²) in [5.41, 5.74) is -3.52. The van der Waals surface area contributed by atoms with Gasteiger partial charge in [0, 0.05) is 17.7 Å². The fourth-order valence-electron chi connectivity index (χ4n) is 3.54. The lowest BCUT2D eigenvalue weighted by Gasteiger charge is -2.31. The molecule has 1 heterocycles. The molecule has 0 spiro atoms. The number of methoxy groups -OCH3 is 1. The van der Waals surface area contributed by atoms with Crippen LogP contribution in [0.4, 0.5) is 23.2 Å². The van der Waals surface area contributed by atoms with Crippen LogP contribution < -0.4 is 10.4 Å². The van der Waals surface area contributed by atoms with Gasteiger partial charge in [0.05, 0.1) is 24.4 Å². The number of aliphatic hydroxyl groups is 1. The largest absolute Gasteiger partial charge is 0.496 e. The van der Waals surface area contributed by atoms with Crippen molar-refractivity contribution in [1.82, 2.24) is 0 Å². The molecule has 0 saturated heterocycles. The number of alkyl halides is 3. The van der Waals surface area contributed by atoms with E-state index in [0.29, 0.717) is 11.8 Å². The van der Waals surface area contributed by atoms with Gasteiger partial charge in [0.2, 0.25) is 0 Å². The van der Waals surface area contributed by atoms with Crippen LogP contribution in [0.5, 0.6) is 5.75 Å². The maximum absolute atomic E-state index is 13.9. The van der Waals surface area contributed by atoms with E-state index in [1.807, 2.05) is 0 Å². The van der Waals surface area contributed by atoms with Crippen LogP contribution in [-0.2, 0) is 0 Å². The number of hydrogen-bond donors (Lipinski definition) is 1. The van der Waals surface area contributed by atoms with Gasteiger partial charge in [-0.2, -0.15) is 13.2 Å². The molecule has 2 atom stereocenters. The third-order valence-corrected chi connectivity index (χ3v) is 5.31. The Morgan fingerprint density at radius 1 is 1.19 bits per heavy atom. The first-order valence-electron chi connectivity index (χ1n) is 9.78. The molecule has 0 aliphatic rings. The Labute approximate surface area is 181 Å². The molecule has 0 aliphatic heterocycles. The average molecular weight is 451 g/mol. The third kappa shape index (κ3) is 4.67. The van der Waals surface area contributed by atoms with Crippen molar-refractivity contribution >= 4 is 22.7 Å². The van der Waals surface area contributed by atoms with Crippen LogP contribution in [0.1, 0.15) is 31.2 Å². The zero-order valence-electron chi connectivity index (χ0n) is 17.3. The van der Waals surface area contributed by atoms with Crippen LogP contribution in [0, 0.1) is 5.82 Å². The van der Waals surface area contributed by atoms with E-state index in [2.05, 4.69) is 4.99 Å². The minimum Gasteiger partial charge on any atom is -0.496 e. The Balaban J connectivity index is 2.03. The molecule has 170 valence electrons. The van der Waals surface area contributed by atoms with E-state index in [0.717, 1.165) is 18.4 Å². The molecule has 0 aliphatic carbocycles. The predicted octanol–water partition coefficient (Wildman–Crippen LogP) is 5.52. The molecule has 0 fully saturated rings. The van der Waals surface area contributed by atoms with E-state index in [4.69, 9.17) is 9.15 Å². The van der Waals surface area contributed by atoms with E-state index in [1.54, 1.807) is 6.92 Å². The molecule has 1 N–H and O–H groups in total. The molecule has 2 aromatic carbocycles. The Hall–Kier alpha value is -3.20. The molecular weight excluding hydrogens is 430 g/mol. The van der Waals surface area contributed by atoms with Gasteiger partial charge in [-0.1, -0.05) is 19.1 Å². The maximum atomic E-state index is 13.9. The van der Waals surface area contributed by atoms with Gasteiger partial charge < -0.3 is 14.3 Å². The summed E-state index contributed by atoms with van der Waals surface area (Å²) in [6, 6.07) is 9.31. The molecule has 0 radical (unpaired) electrons. The number of fused-ring (bicyclic) bond motifs is 1. The van der Waals surface area contributed by atoms with Crippen LogP contribution in [0.3, 0.4) is 0 Å². The lowest BCUT2D eigenvalue weighted by atomic mass is 9.84. The maximum Gasteiger partial charge on any atom is 0.422 e. The fourth-order valence-corrected chi connectivity index (χ4v) is 3.54. The van der Waals surface area contributed by atoms with Crippen molar-refractivity contribution in [2.24, 2.45) is 4.99 Å². The quantitative estimate of drug-likeness (QED) is 0.379. The first kappa shape index (κ1) is 23.5. The van der Waals surface area contributed by atoms with Gasteiger partial charge in [-0.05, 0) is 48.6 Å². The highest BCUT2D eigenvalue weighted by atomic mass is 19.4. The Morgan fingerprint density at radius 2 is 1.94 bits per heavy atom. The molecule has 3 rings (SSSR count). The van der Waals surface area contributed by atoms with Gasteiger partial charge in [0.25, 0.3) is 0 Å². The highest BCUT2D eigenvalue weighted by Gasteiger charge is 2.53. The van der Waals surface area contributed by atoms with E-state index in [1.165, 1.54) is 37.4 Å². The number of aliphatic imine (C=N–C) groups is 1. The second-order valence-electron chi connectivity index (χ2n) is 7.32. The molecule has 3 aromatic rings. The molecule has 0 bridgehead atoms. The number of hydrogen-bond acceptors (Lipinski definition) is 5. The normalized spacial score (nSPS) is 15.1. The van der Waals surface area contributed by atoms with Gasteiger partial charge in [0.15, 0.2) is 5.60 Å². The van der Waals surface area contributed by atoms with E-state index in [-0.39, 0.29) is 28.6 Å². The van der Waals surface area contributed by atoms with Gasteiger partial charge >= 0.3 is 11.8 Å². The fraction of sp³-hybridized carbons (Fsp3) is 0.304. The number of halogens is 4. The van der Waals surface area contributed by atoms with Crippen molar-refractivity contribution in [3.05, 3.63) is 70.5 Å². The average Bonchev–Trinajstić information content (AvgIpc) is 2.75. The van der Waals surface area contributed by atoms with Crippen LogP contribution in [0.15, 0.2) is 62.9 Å². The number of benzene rings is 2. The van der Waals surface area contributed by atoms with Crippen LogP contribution >= 0.6 is 0 Å². The second kappa shape index (κ2) is 9.12. The SMILES string of the molecule is CCC(CC(O)(/C=N/c1cccc2c(=O)occc12)C(F)(F)F)c1ccc(F)cc1OC. The van der Waals surface area contributed by atoms with Crippen LogP contribution in [0.2, 0.25) is 0 Å². The number of rotatable bonds is 7. The molecule has 9 heteroatoms. The van der Waals surface area contributed by atoms with Crippen molar-refractivity contribution in [2.45, 2.75) is 37.5 Å². The molecule has 1 aromatic heterocycles. The standard InChI is InChI=1S/C23H21F4NO4/c1-3-14(16-8-7-15(24)11-20(16)31-2)12-22(30,23(25,26)27)13-28-19-6-4-5-18-17(19)9-10-32-21(18)29/h4-11,13-14,30H,3,12H2,1-2H3/b28-13+. The molecular formula is C23H21F4NO4. The summed E-state index contributed by atoms with van der Waals surface area (Å²) in [7, 11) is 1.29. The zero-order valence-corrected chi connectivity index (χ0v) is 17.3. The molecule has 32 heavy (non-hydrogen) atoms. The molecule has 0 amide bonds. The summed E-state index contributed by atoms with van der Waals surface area (Å²) in [5, 5.41) is 11.1. The summed E-state index contributed by atoms with van der Waals surface area (Å²) >= 11 is 0. The van der Waals surface area contributed by atoms with Crippen molar-refractivity contribution in [3.63, 3.8) is 0 Å². The summed E-state index contributed by atoms with van der Waals surface area (Å²) in [4.78, 5) is 15.7. The second-order valence-corrected chi connectivity index (χ2v) is 7.32. The first-order chi connectivity index (χ1) is 15.1. The third-order valence-electron chi connectivity index (χ3n) is 5.31.